The summed E-state index contributed by atoms with van der Waals surface area (Å²) in [6.45, 7) is 6.16. The van der Waals surface area contributed by atoms with Crippen molar-refractivity contribution in [2.24, 2.45) is 10.9 Å². The summed E-state index contributed by atoms with van der Waals surface area (Å²) in [6, 6.07) is 8.28. The van der Waals surface area contributed by atoms with Gasteiger partial charge >= 0.3 is 0 Å². The molecule has 2 aliphatic rings. The largest absolute Gasteiger partial charge is 0.389 e. The number of anilines is 1. The number of nitrogens with zero attached hydrogens (tertiary/aromatic N) is 2. The molecule has 0 bridgehead atoms. The highest BCUT2D eigenvalue weighted by Gasteiger charge is 2.24. The monoisotopic (exact) mass is 522 g/mol. The van der Waals surface area contributed by atoms with Gasteiger partial charge in [0.1, 0.15) is 0 Å². The second-order valence-corrected chi connectivity index (χ2v) is 7.85. The molecule has 6 nitrogen and oxygen atoms in total. The predicted molar refractivity (Wildman–Crippen MR) is 126 cm³/mol. The fraction of sp³-hybridized carbons (Fsp3) is 0.650. The summed E-state index contributed by atoms with van der Waals surface area (Å²) in [6.07, 6.45) is 2.99. The number of benzene rings is 1. The molecule has 158 valence electrons. The predicted octanol–water partition coefficient (Wildman–Crippen LogP) is 2.88. The third-order valence-corrected chi connectivity index (χ3v) is 5.10. The van der Waals surface area contributed by atoms with Gasteiger partial charge in [-0.3, -0.25) is 4.99 Å². The van der Waals surface area contributed by atoms with Crippen molar-refractivity contribution in [3.8, 4) is 0 Å². The van der Waals surface area contributed by atoms with E-state index in [1.165, 1.54) is 12.8 Å². The molecular formula is C20H32ClIN4O2. The van der Waals surface area contributed by atoms with E-state index in [0.29, 0.717) is 25.1 Å². The van der Waals surface area contributed by atoms with Crippen LogP contribution >= 0.6 is 35.6 Å². The van der Waals surface area contributed by atoms with E-state index >= 15 is 0 Å². The van der Waals surface area contributed by atoms with E-state index in [0.717, 1.165) is 49.3 Å². The molecule has 1 saturated carbocycles. The number of hydrogen-bond acceptors (Lipinski definition) is 4. The molecule has 3 N–H and O–H groups in total. The summed E-state index contributed by atoms with van der Waals surface area (Å²) in [5, 5.41) is 17.6. The Kier molecular flexibility index (Phi) is 10.1. The lowest BCUT2D eigenvalue weighted by molar-refractivity contribution is 0.0368. The number of aliphatic imine (C=N–C) groups is 1. The summed E-state index contributed by atoms with van der Waals surface area (Å²) >= 11 is 6.11. The molecule has 1 saturated heterocycles. The van der Waals surface area contributed by atoms with E-state index in [9.17, 15) is 5.11 Å². The Hall–Kier alpha value is -0.770. The Balaban J connectivity index is 0.00000280. The van der Waals surface area contributed by atoms with Gasteiger partial charge in [-0.2, -0.15) is 0 Å². The number of hydrogen-bond donors (Lipinski definition) is 3. The van der Waals surface area contributed by atoms with Gasteiger partial charge in [-0.25, -0.2) is 0 Å². The summed E-state index contributed by atoms with van der Waals surface area (Å²) in [5.41, 5.74) is 1.15. The van der Waals surface area contributed by atoms with Crippen molar-refractivity contribution in [1.29, 1.82) is 0 Å². The van der Waals surface area contributed by atoms with Crippen LogP contribution in [0.25, 0.3) is 0 Å². The van der Waals surface area contributed by atoms with Gasteiger partial charge in [0.15, 0.2) is 5.96 Å². The van der Waals surface area contributed by atoms with Crippen molar-refractivity contribution in [3.05, 3.63) is 29.3 Å². The molecule has 1 aliphatic heterocycles. The molecule has 8 heteroatoms. The average molecular weight is 523 g/mol. The van der Waals surface area contributed by atoms with Crippen LogP contribution in [0.5, 0.6) is 0 Å². The third-order valence-electron chi connectivity index (χ3n) is 4.87. The Morgan fingerprint density at radius 3 is 2.93 bits per heavy atom. The number of nitrogens with one attached hydrogen (secondary N) is 2. The lowest BCUT2D eigenvalue weighted by Crippen LogP contribution is -2.45. The van der Waals surface area contributed by atoms with Gasteiger partial charge in [-0.05, 0) is 50.3 Å². The lowest BCUT2D eigenvalue weighted by atomic mass is 10.2. The molecule has 1 aromatic rings. The van der Waals surface area contributed by atoms with Gasteiger partial charge < -0.3 is 25.4 Å². The molecule has 1 heterocycles. The number of aliphatic hydroxyl groups is 1. The van der Waals surface area contributed by atoms with Gasteiger partial charge in [0, 0.05) is 43.0 Å². The van der Waals surface area contributed by atoms with E-state index in [2.05, 4.69) is 26.6 Å². The molecular weight excluding hydrogens is 491 g/mol. The first kappa shape index (κ1) is 23.5. The number of rotatable bonds is 9. The minimum absolute atomic E-state index is 0. The second-order valence-electron chi connectivity index (χ2n) is 7.41. The quantitative estimate of drug-likeness (QED) is 0.264. The molecule has 0 amide bonds. The normalized spacial score (nSPS) is 20.6. The van der Waals surface area contributed by atoms with Crippen LogP contribution in [0.3, 0.4) is 0 Å². The van der Waals surface area contributed by atoms with Gasteiger partial charge in [0.2, 0.25) is 0 Å². The lowest BCUT2D eigenvalue weighted by Gasteiger charge is -2.21. The van der Waals surface area contributed by atoms with Crippen LogP contribution < -0.4 is 15.5 Å². The second kappa shape index (κ2) is 12.0. The smallest absolute Gasteiger partial charge is 0.191 e. The highest BCUT2D eigenvalue weighted by Crippen LogP contribution is 2.28. The Bertz CT molecular complexity index is 630. The van der Waals surface area contributed by atoms with Crippen LogP contribution in [-0.2, 0) is 4.74 Å². The zero-order chi connectivity index (χ0) is 19.1. The molecule has 3 rings (SSSR count). The maximum atomic E-state index is 10.1. The zero-order valence-corrected chi connectivity index (χ0v) is 19.5. The van der Waals surface area contributed by atoms with Crippen LogP contribution in [0, 0.1) is 5.92 Å². The van der Waals surface area contributed by atoms with Crippen LogP contribution in [0.4, 0.5) is 5.69 Å². The Morgan fingerprint density at radius 1 is 1.39 bits per heavy atom. The number of guanidine groups is 1. The third kappa shape index (κ3) is 7.93. The van der Waals surface area contributed by atoms with E-state index in [4.69, 9.17) is 16.3 Å². The van der Waals surface area contributed by atoms with Crippen LogP contribution in [0.1, 0.15) is 26.2 Å². The minimum Gasteiger partial charge on any atom is -0.389 e. The van der Waals surface area contributed by atoms with Gasteiger partial charge in [-0.15, -0.1) is 24.0 Å². The van der Waals surface area contributed by atoms with Gasteiger partial charge in [0.05, 0.1) is 19.3 Å². The zero-order valence-electron chi connectivity index (χ0n) is 16.4. The summed E-state index contributed by atoms with van der Waals surface area (Å²) in [7, 11) is 0. The molecule has 1 aliphatic carbocycles. The molecule has 2 fully saturated rings. The average Bonchev–Trinajstić information content (AvgIpc) is 3.36. The molecule has 0 aromatic heterocycles. The van der Waals surface area contributed by atoms with Crippen LogP contribution in [0.15, 0.2) is 29.3 Å². The van der Waals surface area contributed by atoms with Crippen molar-refractivity contribution in [1.82, 2.24) is 10.6 Å². The first-order valence-electron chi connectivity index (χ1n) is 9.95. The maximum Gasteiger partial charge on any atom is 0.191 e. The maximum absolute atomic E-state index is 10.1. The van der Waals surface area contributed by atoms with Gasteiger partial charge in [-0.1, -0.05) is 17.7 Å². The standard InChI is InChI=1S/C20H31ClN4O2.HI/c1-2-22-20(23-11-19(26)14-27-13-15-6-7-15)24-17-8-9-25(12-17)18-5-3-4-16(21)10-18;/h3-5,10,15,17,19,26H,2,6-9,11-14H2,1H3,(H2,22,23,24);1H. The van der Waals surface area contributed by atoms with Crippen molar-refractivity contribution in [2.75, 3.05) is 44.3 Å². The van der Waals surface area contributed by atoms with Crippen molar-refractivity contribution >= 4 is 47.2 Å². The van der Waals surface area contributed by atoms with E-state index < -0.39 is 6.10 Å². The molecule has 1 aromatic carbocycles. The molecule has 0 radical (unpaired) electrons. The minimum atomic E-state index is -0.564. The Labute approximate surface area is 190 Å². The van der Waals surface area contributed by atoms with E-state index in [-0.39, 0.29) is 24.0 Å². The van der Waals surface area contributed by atoms with Gasteiger partial charge in [0.25, 0.3) is 0 Å². The van der Waals surface area contributed by atoms with E-state index in [1.54, 1.807) is 0 Å². The first-order chi connectivity index (χ1) is 13.1. The fourth-order valence-electron chi connectivity index (χ4n) is 3.20. The summed E-state index contributed by atoms with van der Waals surface area (Å²) in [4.78, 5) is 6.85. The molecule has 0 spiro atoms. The highest BCUT2D eigenvalue weighted by molar-refractivity contribution is 14.0. The molecule has 28 heavy (non-hydrogen) atoms. The van der Waals surface area contributed by atoms with Crippen molar-refractivity contribution < 1.29 is 9.84 Å². The SMILES string of the molecule is CCNC(=NCC(O)COCC1CC1)NC1CCN(c2cccc(Cl)c2)C1.I. The van der Waals surface area contributed by atoms with Crippen LogP contribution in [-0.4, -0.2) is 62.6 Å². The number of aliphatic hydroxyl groups excluding tert-OH is 1. The summed E-state index contributed by atoms with van der Waals surface area (Å²) < 4.78 is 5.54. The fourth-order valence-corrected chi connectivity index (χ4v) is 3.39. The number of halogens is 2. The molecule has 2 atom stereocenters. The van der Waals surface area contributed by atoms with Crippen LogP contribution in [0.2, 0.25) is 5.02 Å². The van der Waals surface area contributed by atoms with Crippen molar-refractivity contribution in [3.63, 3.8) is 0 Å². The highest BCUT2D eigenvalue weighted by atomic mass is 127. The first-order valence-corrected chi connectivity index (χ1v) is 10.3. The Morgan fingerprint density at radius 2 is 2.21 bits per heavy atom. The topological polar surface area (TPSA) is 69.1 Å². The van der Waals surface area contributed by atoms with Crippen molar-refractivity contribution in [2.45, 2.75) is 38.3 Å². The number of ether oxygens (including phenoxy) is 1. The summed E-state index contributed by atoms with van der Waals surface area (Å²) in [5.74, 6) is 1.46. The van der Waals surface area contributed by atoms with E-state index in [1.807, 2.05) is 25.1 Å². The molecule has 2 unspecified atom stereocenters.